The highest BCUT2D eigenvalue weighted by atomic mass is 79.9. The molecule has 0 aliphatic heterocycles. The zero-order valence-electron chi connectivity index (χ0n) is 11.3. The van der Waals surface area contributed by atoms with Gasteiger partial charge in [-0.2, -0.15) is 0 Å². The molecule has 3 heteroatoms. The normalized spacial score (nSPS) is 12.5. The summed E-state index contributed by atoms with van der Waals surface area (Å²) in [6.07, 6.45) is 0.0779. The van der Waals surface area contributed by atoms with Crippen molar-refractivity contribution < 1.29 is 5.11 Å². The number of fused-ring (bicyclic) bond motifs is 1. The number of halogens is 2. The molecule has 0 saturated carbocycles. The van der Waals surface area contributed by atoms with Gasteiger partial charge in [-0.05, 0) is 40.1 Å². The van der Waals surface area contributed by atoms with E-state index in [9.17, 15) is 5.11 Å². The summed E-state index contributed by atoms with van der Waals surface area (Å²) in [5, 5.41) is 12.9. The lowest BCUT2D eigenvalue weighted by Gasteiger charge is -2.14. The maximum Gasteiger partial charge on any atom is 0.0831 e. The minimum Gasteiger partial charge on any atom is -0.388 e. The molecule has 0 bridgehead atoms. The smallest absolute Gasteiger partial charge is 0.0831 e. The number of aliphatic hydroxyl groups excluding tert-OH is 1. The maximum atomic E-state index is 10.5. The summed E-state index contributed by atoms with van der Waals surface area (Å²) in [6.45, 7) is 0. The van der Waals surface area contributed by atoms with Crippen LogP contribution in [-0.4, -0.2) is 5.11 Å². The first-order valence-corrected chi connectivity index (χ1v) is 8.33. The van der Waals surface area contributed by atoms with E-state index >= 15 is 0 Å². The summed E-state index contributed by atoms with van der Waals surface area (Å²) in [5.74, 6) is 0. The Morgan fingerprint density at radius 2 is 1.52 bits per heavy atom. The minimum absolute atomic E-state index is 0.524. The molecule has 106 valence electrons. The van der Waals surface area contributed by atoms with E-state index in [1.165, 1.54) is 10.8 Å². The van der Waals surface area contributed by atoms with Crippen molar-refractivity contribution in [3.8, 4) is 0 Å². The lowest BCUT2D eigenvalue weighted by Crippen LogP contribution is -2.02. The molecule has 1 atom stereocenters. The number of rotatable bonds is 3. The third-order valence-electron chi connectivity index (χ3n) is 3.56. The fraction of sp³-hybridized carbons (Fsp3) is 0.111. The molecule has 3 rings (SSSR count). The molecule has 3 aromatic rings. The van der Waals surface area contributed by atoms with Crippen molar-refractivity contribution in [1.29, 1.82) is 0 Å². The van der Waals surface area contributed by atoms with Gasteiger partial charge in [0.15, 0.2) is 0 Å². The predicted octanol–water partition coefficient (Wildman–Crippen LogP) is 5.64. The van der Waals surface area contributed by atoms with Crippen LogP contribution in [0.4, 0.5) is 0 Å². The van der Waals surface area contributed by atoms with Crippen LogP contribution in [0, 0.1) is 0 Å². The van der Waals surface area contributed by atoms with Gasteiger partial charge in [0.2, 0.25) is 0 Å². The summed E-state index contributed by atoms with van der Waals surface area (Å²) in [5.41, 5.74) is 2.07. The molecule has 1 nitrogen and oxygen atoms in total. The summed E-state index contributed by atoms with van der Waals surface area (Å²) in [6, 6.07) is 20.4. The van der Waals surface area contributed by atoms with Crippen molar-refractivity contribution in [1.82, 2.24) is 0 Å². The molecule has 21 heavy (non-hydrogen) atoms. The first kappa shape index (κ1) is 14.8. The SMILES string of the molecule is OC(Cc1cccc2ccccc12)c1cc(Br)cc(Br)c1. The van der Waals surface area contributed by atoms with Crippen molar-refractivity contribution in [2.45, 2.75) is 12.5 Å². The Hall–Kier alpha value is -1.16. The molecule has 0 radical (unpaired) electrons. The largest absolute Gasteiger partial charge is 0.388 e. The fourth-order valence-electron chi connectivity index (χ4n) is 2.56. The molecule has 0 amide bonds. The van der Waals surface area contributed by atoms with Gasteiger partial charge >= 0.3 is 0 Å². The summed E-state index contributed by atoms with van der Waals surface area (Å²) in [7, 11) is 0. The molecule has 0 aromatic heterocycles. The van der Waals surface area contributed by atoms with Crippen LogP contribution in [0.2, 0.25) is 0 Å². The van der Waals surface area contributed by atoms with Gasteiger partial charge in [0, 0.05) is 15.4 Å². The molecule has 0 fully saturated rings. The molecule has 3 aromatic carbocycles. The molecular formula is C18H14Br2O. The van der Waals surface area contributed by atoms with Crippen LogP contribution in [0.5, 0.6) is 0 Å². The van der Waals surface area contributed by atoms with Crippen molar-refractivity contribution in [3.63, 3.8) is 0 Å². The molecule has 0 saturated heterocycles. The van der Waals surface area contributed by atoms with E-state index in [1.807, 2.05) is 36.4 Å². The zero-order chi connectivity index (χ0) is 14.8. The highest BCUT2D eigenvalue weighted by Crippen LogP contribution is 2.28. The quantitative estimate of drug-likeness (QED) is 0.597. The summed E-state index contributed by atoms with van der Waals surface area (Å²) >= 11 is 6.93. The van der Waals surface area contributed by atoms with E-state index in [2.05, 4.69) is 56.1 Å². The van der Waals surface area contributed by atoms with Gasteiger partial charge in [-0.1, -0.05) is 74.3 Å². The van der Waals surface area contributed by atoms with E-state index in [0.717, 1.165) is 20.1 Å². The molecule has 1 N–H and O–H groups in total. The molecule has 0 aliphatic carbocycles. The van der Waals surface area contributed by atoms with E-state index in [0.29, 0.717) is 6.42 Å². The highest BCUT2D eigenvalue weighted by molar-refractivity contribution is 9.11. The predicted molar refractivity (Wildman–Crippen MR) is 94.5 cm³/mol. The monoisotopic (exact) mass is 404 g/mol. The Morgan fingerprint density at radius 3 is 2.29 bits per heavy atom. The first-order chi connectivity index (χ1) is 10.1. The van der Waals surface area contributed by atoms with E-state index in [4.69, 9.17) is 0 Å². The number of aliphatic hydroxyl groups is 1. The van der Waals surface area contributed by atoms with Gasteiger partial charge < -0.3 is 5.11 Å². The lowest BCUT2D eigenvalue weighted by atomic mass is 9.97. The van der Waals surface area contributed by atoms with Gasteiger partial charge in [0.25, 0.3) is 0 Å². The average molecular weight is 406 g/mol. The molecule has 0 aliphatic rings. The Bertz CT molecular complexity index is 758. The highest BCUT2D eigenvalue weighted by Gasteiger charge is 2.12. The van der Waals surface area contributed by atoms with Gasteiger partial charge in [-0.3, -0.25) is 0 Å². The Morgan fingerprint density at radius 1 is 0.857 bits per heavy atom. The number of benzene rings is 3. The Kier molecular flexibility index (Phi) is 4.43. The average Bonchev–Trinajstić information content (AvgIpc) is 2.46. The first-order valence-electron chi connectivity index (χ1n) is 6.74. The molecular weight excluding hydrogens is 392 g/mol. The van der Waals surface area contributed by atoms with Crippen molar-refractivity contribution in [3.05, 3.63) is 80.7 Å². The maximum absolute atomic E-state index is 10.5. The molecule has 1 unspecified atom stereocenters. The molecule has 0 spiro atoms. The Labute approximate surface area is 140 Å². The van der Waals surface area contributed by atoms with Gasteiger partial charge in [-0.25, -0.2) is 0 Å². The second-order valence-electron chi connectivity index (χ2n) is 5.06. The van der Waals surface area contributed by atoms with Crippen LogP contribution >= 0.6 is 31.9 Å². The zero-order valence-corrected chi connectivity index (χ0v) is 14.4. The molecule has 0 heterocycles. The van der Waals surface area contributed by atoms with Crippen LogP contribution in [0.3, 0.4) is 0 Å². The van der Waals surface area contributed by atoms with Crippen LogP contribution < -0.4 is 0 Å². The van der Waals surface area contributed by atoms with Crippen LogP contribution in [-0.2, 0) is 6.42 Å². The van der Waals surface area contributed by atoms with E-state index in [-0.39, 0.29) is 0 Å². The lowest BCUT2D eigenvalue weighted by molar-refractivity contribution is 0.178. The van der Waals surface area contributed by atoms with Gasteiger partial charge in [-0.15, -0.1) is 0 Å². The second kappa shape index (κ2) is 6.30. The minimum atomic E-state index is -0.524. The van der Waals surface area contributed by atoms with E-state index < -0.39 is 6.10 Å². The van der Waals surface area contributed by atoms with Crippen LogP contribution in [0.1, 0.15) is 17.2 Å². The topological polar surface area (TPSA) is 20.2 Å². The van der Waals surface area contributed by atoms with Gasteiger partial charge in [0.1, 0.15) is 0 Å². The standard InChI is InChI=1S/C18H14Br2O/c19-15-8-14(9-16(20)11-15)18(21)10-13-6-3-5-12-4-1-2-7-17(12)13/h1-9,11,18,21H,10H2. The van der Waals surface area contributed by atoms with Crippen molar-refractivity contribution >= 4 is 42.6 Å². The number of hydrogen-bond donors (Lipinski definition) is 1. The van der Waals surface area contributed by atoms with Crippen LogP contribution in [0.15, 0.2) is 69.6 Å². The second-order valence-corrected chi connectivity index (χ2v) is 6.89. The Balaban J connectivity index is 1.94. The van der Waals surface area contributed by atoms with E-state index in [1.54, 1.807) is 0 Å². The van der Waals surface area contributed by atoms with Crippen molar-refractivity contribution in [2.24, 2.45) is 0 Å². The number of hydrogen-bond acceptors (Lipinski definition) is 1. The third-order valence-corrected chi connectivity index (χ3v) is 4.48. The van der Waals surface area contributed by atoms with Crippen molar-refractivity contribution in [2.75, 3.05) is 0 Å². The fourth-order valence-corrected chi connectivity index (χ4v) is 3.89. The third kappa shape index (κ3) is 3.37. The van der Waals surface area contributed by atoms with Gasteiger partial charge in [0.05, 0.1) is 6.10 Å². The van der Waals surface area contributed by atoms with Crippen LogP contribution in [0.25, 0.3) is 10.8 Å². The summed E-state index contributed by atoms with van der Waals surface area (Å²) < 4.78 is 1.92. The summed E-state index contributed by atoms with van der Waals surface area (Å²) in [4.78, 5) is 0.